The Morgan fingerprint density at radius 2 is 2.10 bits per heavy atom. The molecule has 21 heavy (non-hydrogen) atoms. The van der Waals surface area contributed by atoms with E-state index in [-0.39, 0.29) is 16.1 Å². The Labute approximate surface area is 137 Å². The molecule has 8 heteroatoms. The molecule has 1 atom stereocenters. The van der Waals surface area contributed by atoms with Crippen molar-refractivity contribution in [2.75, 3.05) is 19.0 Å². The Hall–Kier alpha value is -0.600. The van der Waals surface area contributed by atoms with E-state index in [4.69, 9.17) is 4.74 Å². The van der Waals surface area contributed by atoms with Crippen LogP contribution in [0.15, 0.2) is 22.7 Å². The third-order valence-corrected chi connectivity index (χ3v) is 3.84. The Morgan fingerprint density at radius 3 is 2.62 bits per heavy atom. The fourth-order valence-corrected chi connectivity index (χ4v) is 2.71. The summed E-state index contributed by atoms with van der Waals surface area (Å²) >= 11 is 6.09. The number of carbonyl (C=O) groups is 1. The van der Waals surface area contributed by atoms with Crippen molar-refractivity contribution in [3.05, 3.63) is 33.8 Å². The Balaban J connectivity index is 2.92. The van der Waals surface area contributed by atoms with Crippen molar-refractivity contribution < 1.29 is 22.7 Å². The average molecular weight is 433 g/mol. The number of rotatable bonds is 6. The van der Waals surface area contributed by atoms with E-state index >= 15 is 0 Å². The fraction of sp³-hybridized carbons (Fsp3) is 0.462. The van der Waals surface area contributed by atoms with Gasteiger partial charge in [0.15, 0.2) is 0 Å². The van der Waals surface area contributed by atoms with Crippen LogP contribution in [0, 0.1) is 0 Å². The monoisotopic (exact) mass is 431 g/mol. The van der Waals surface area contributed by atoms with Gasteiger partial charge in [-0.1, -0.05) is 31.9 Å². The molecule has 1 aromatic rings. The SMILES string of the molecule is COCC(CCBr)NC(=O)c1ccc(Br)c(C(F)(F)F)c1. The summed E-state index contributed by atoms with van der Waals surface area (Å²) < 4.78 is 43.3. The highest BCUT2D eigenvalue weighted by Crippen LogP contribution is 2.35. The van der Waals surface area contributed by atoms with Crippen LogP contribution < -0.4 is 5.32 Å². The second-order valence-electron chi connectivity index (χ2n) is 4.30. The van der Waals surface area contributed by atoms with Gasteiger partial charge in [0.2, 0.25) is 0 Å². The molecule has 118 valence electrons. The molecule has 0 bridgehead atoms. The Bertz CT molecular complexity index is 489. The molecule has 0 aromatic heterocycles. The topological polar surface area (TPSA) is 38.3 Å². The predicted molar refractivity (Wildman–Crippen MR) is 80.7 cm³/mol. The maximum atomic E-state index is 12.8. The number of ether oxygens (including phenoxy) is 1. The van der Waals surface area contributed by atoms with Gasteiger partial charge in [-0.25, -0.2) is 0 Å². The summed E-state index contributed by atoms with van der Waals surface area (Å²) in [4.78, 5) is 12.0. The first-order valence-corrected chi connectivity index (χ1v) is 7.93. The van der Waals surface area contributed by atoms with Crippen LogP contribution in [-0.2, 0) is 10.9 Å². The molecule has 0 heterocycles. The Kier molecular flexibility index (Phi) is 7.15. The minimum Gasteiger partial charge on any atom is -0.383 e. The summed E-state index contributed by atoms with van der Waals surface area (Å²) in [6.45, 7) is 0.292. The van der Waals surface area contributed by atoms with Gasteiger partial charge in [-0.15, -0.1) is 0 Å². The van der Waals surface area contributed by atoms with Crippen LogP contribution in [0.4, 0.5) is 13.2 Å². The van der Waals surface area contributed by atoms with Gasteiger partial charge in [0.1, 0.15) is 0 Å². The number of benzene rings is 1. The number of methoxy groups -OCH3 is 1. The van der Waals surface area contributed by atoms with Gasteiger partial charge in [-0.3, -0.25) is 4.79 Å². The van der Waals surface area contributed by atoms with Crippen LogP contribution in [0.5, 0.6) is 0 Å². The molecular weight excluding hydrogens is 419 g/mol. The van der Waals surface area contributed by atoms with Crippen LogP contribution in [-0.4, -0.2) is 31.0 Å². The largest absolute Gasteiger partial charge is 0.417 e. The maximum Gasteiger partial charge on any atom is 0.417 e. The van der Waals surface area contributed by atoms with Crippen LogP contribution in [0.3, 0.4) is 0 Å². The van der Waals surface area contributed by atoms with Crippen molar-refractivity contribution in [3.8, 4) is 0 Å². The molecule has 0 spiro atoms. The van der Waals surface area contributed by atoms with E-state index in [9.17, 15) is 18.0 Å². The van der Waals surface area contributed by atoms with Crippen molar-refractivity contribution in [2.24, 2.45) is 0 Å². The maximum absolute atomic E-state index is 12.8. The third-order valence-electron chi connectivity index (χ3n) is 2.69. The molecule has 0 saturated carbocycles. The van der Waals surface area contributed by atoms with E-state index in [0.717, 1.165) is 6.07 Å². The van der Waals surface area contributed by atoms with Gasteiger partial charge in [0.05, 0.1) is 18.2 Å². The number of carbonyl (C=O) groups excluding carboxylic acids is 1. The second-order valence-corrected chi connectivity index (χ2v) is 5.94. The number of amides is 1. The van der Waals surface area contributed by atoms with Crippen LogP contribution in [0.2, 0.25) is 0 Å². The first-order chi connectivity index (χ1) is 9.79. The van der Waals surface area contributed by atoms with Crippen molar-refractivity contribution in [3.63, 3.8) is 0 Å². The van der Waals surface area contributed by atoms with Crippen molar-refractivity contribution in [2.45, 2.75) is 18.6 Å². The van der Waals surface area contributed by atoms with Gasteiger partial charge in [0, 0.05) is 22.5 Å². The number of halogens is 5. The summed E-state index contributed by atoms with van der Waals surface area (Å²) in [6, 6.07) is 3.12. The van der Waals surface area contributed by atoms with E-state index < -0.39 is 17.6 Å². The first-order valence-electron chi connectivity index (χ1n) is 6.02. The molecule has 0 saturated heterocycles. The molecule has 0 aliphatic rings. The molecule has 1 unspecified atom stereocenters. The average Bonchev–Trinajstić information content (AvgIpc) is 2.38. The molecule has 0 aliphatic heterocycles. The van der Waals surface area contributed by atoms with Gasteiger partial charge < -0.3 is 10.1 Å². The van der Waals surface area contributed by atoms with Gasteiger partial charge in [0.25, 0.3) is 5.91 Å². The van der Waals surface area contributed by atoms with Crippen LogP contribution in [0.25, 0.3) is 0 Å². The van der Waals surface area contributed by atoms with E-state index in [2.05, 4.69) is 37.2 Å². The highest BCUT2D eigenvalue weighted by Gasteiger charge is 2.33. The number of nitrogens with one attached hydrogen (secondary N) is 1. The van der Waals surface area contributed by atoms with Gasteiger partial charge >= 0.3 is 6.18 Å². The quantitative estimate of drug-likeness (QED) is 0.690. The standard InChI is InChI=1S/C13H14Br2F3NO2/c1-21-7-9(4-5-14)19-12(20)8-2-3-11(15)10(6-8)13(16,17)18/h2-3,6,9H,4-5,7H2,1H3,(H,19,20). The van der Waals surface area contributed by atoms with Crippen LogP contribution >= 0.6 is 31.9 Å². The van der Waals surface area contributed by atoms with Gasteiger partial charge in [-0.05, 0) is 24.6 Å². The summed E-state index contributed by atoms with van der Waals surface area (Å²) in [7, 11) is 1.49. The van der Waals surface area contributed by atoms with Gasteiger partial charge in [-0.2, -0.15) is 13.2 Å². The number of hydrogen-bond donors (Lipinski definition) is 1. The van der Waals surface area contributed by atoms with Crippen molar-refractivity contribution in [1.29, 1.82) is 0 Å². The molecule has 3 nitrogen and oxygen atoms in total. The molecule has 1 aromatic carbocycles. The second kappa shape index (κ2) is 8.14. The van der Waals surface area contributed by atoms with E-state index in [0.29, 0.717) is 18.4 Å². The predicted octanol–water partition coefficient (Wildman–Crippen LogP) is 4.00. The summed E-state index contributed by atoms with van der Waals surface area (Å²) in [5.41, 5.74) is -0.917. The van der Waals surface area contributed by atoms with Crippen LogP contribution in [0.1, 0.15) is 22.3 Å². The lowest BCUT2D eigenvalue weighted by atomic mass is 10.1. The summed E-state index contributed by atoms with van der Waals surface area (Å²) in [5.74, 6) is -0.559. The molecule has 1 N–H and O–H groups in total. The molecule has 1 amide bonds. The summed E-state index contributed by atoms with van der Waals surface area (Å²) in [6.07, 6.45) is -3.90. The van der Waals surface area contributed by atoms with Crippen molar-refractivity contribution in [1.82, 2.24) is 5.32 Å². The number of hydrogen-bond acceptors (Lipinski definition) is 2. The zero-order valence-electron chi connectivity index (χ0n) is 11.1. The zero-order valence-corrected chi connectivity index (χ0v) is 14.3. The smallest absolute Gasteiger partial charge is 0.383 e. The highest BCUT2D eigenvalue weighted by molar-refractivity contribution is 9.10. The van der Waals surface area contributed by atoms with E-state index in [1.807, 2.05) is 0 Å². The first kappa shape index (κ1) is 18.4. The van der Waals surface area contributed by atoms with Crippen molar-refractivity contribution >= 4 is 37.8 Å². The van der Waals surface area contributed by atoms with E-state index in [1.165, 1.54) is 19.2 Å². The highest BCUT2D eigenvalue weighted by atomic mass is 79.9. The summed E-state index contributed by atoms with van der Waals surface area (Å²) in [5, 5.41) is 3.30. The molecule has 0 radical (unpaired) electrons. The zero-order chi connectivity index (χ0) is 16.0. The lowest BCUT2D eigenvalue weighted by Gasteiger charge is -2.17. The molecule has 0 fully saturated rings. The minimum atomic E-state index is -4.52. The van der Waals surface area contributed by atoms with E-state index in [1.54, 1.807) is 0 Å². The molecule has 0 aliphatic carbocycles. The minimum absolute atomic E-state index is 0.0406. The normalized spacial score (nSPS) is 13.0. The fourth-order valence-electron chi connectivity index (χ4n) is 1.68. The lowest BCUT2D eigenvalue weighted by Crippen LogP contribution is -2.38. The number of alkyl halides is 4. The molecule has 1 rings (SSSR count). The lowest BCUT2D eigenvalue weighted by molar-refractivity contribution is -0.138. The third kappa shape index (κ3) is 5.60. The Morgan fingerprint density at radius 1 is 1.43 bits per heavy atom. The molecular formula is C13H14Br2F3NO2.